The van der Waals surface area contributed by atoms with Crippen LogP contribution in [0.1, 0.15) is 54.2 Å². The van der Waals surface area contributed by atoms with Gasteiger partial charge in [0.2, 0.25) is 0 Å². The average molecular weight is 258 g/mol. The predicted molar refractivity (Wildman–Crippen MR) is 67.4 cm³/mol. The van der Waals surface area contributed by atoms with Crippen molar-refractivity contribution in [3.8, 4) is 0 Å². The molecule has 5 nitrogen and oxygen atoms in total. The van der Waals surface area contributed by atoms with Crippen molar-refractivity contribution >= 4 is 12.1 Å². The molecule has 104 valence electrons. The number of nitrogens with one attached hydrogen (secondary N) is 1. The van der Waals surface area contributed by atoms with E-state index in [4.69, 9.17) is 11.2 Å². The van der Waals surface area contributed by atoms with E-state index < -0.39 is 29.6 Å². The highest BCUT2D eigenvalue weighted by Gasteiger charge is 2.27. The van der Waals surface area contributed by atoms with Crippen LogP contribution in [0.3, 0.4) is 0 Å². The zero-order valence-corrected chi connectivity index (χ0v) is 11.3. The third-order valence-electron chi connectivity index (χ3n) is 2.79. The number of rotatable bonds is 4. The molecule has 0 aliphatic heterocycles. The van der Waals surface area contributed by atoms with E-state index in [1.165, 1.54) is 0 Å². The van der Waals surface area contributed by atoms with Crippen molar-refractivity contribution < 1.29 is 20.8 Å². The molecule has 1 aliphatic rings. The lowest BCUT2D eigenvalue weighted by Crippen LogP contribution is -2.44. The minimum atomic E-state index is -1.12. The molecule has 0 saturated heterocycles. The van der Waals surface area contributed by atoms with E-state index in [-0.39, 0.29) is 6.42 Å². The van der Waals surface area contributed by atoms with Gasteiger partial charge in [0.05, 0.1) is 0 Å². The van der Waals surface area contributed by atoms with E-state index in [0.717, 1.165) is 12.8 Å². The maximum absolute atomic E-state index is 11.6. The summed E-state index contributed by atoms with van der Waals surface area (Å²) in [5.74, 6) is -1.86. The molecule has 0 spiro atoms. The number of amides is 1. The normalized spacial score (nSPS) is 20.9. The van der Waals surface area contributed by atoms with Crippen LogP contribution < -0.4 is 5.32 Å². The second-order valence-electron chi connectivity index (χ2n) is 5.70. The van der Waals surface area contributed by atoms with Crippen LogP contribution in [0.15, 0.2) is 0 Å². The minimum absolute atomic E-state index is 0.127. The number of carboxylic acid groups (broad SMARTS) is 1. The van der Waals surface area contributed by atoms with Gasteiger partial charge in [0, 0.05) is 1.37 Å². The summed E-state index contributed by atoms with van der Waals surface area (Å²) in [7, 11) is 0. The van der Waals surface area contributed by atoms with Crippen molar-refractivity contribution in [2.24, 2.45) is 5.89 Å². The summed E-state index contributed by atoms with van der Waals surface area (Å²) < 4.78 is 13.2. The van der Waals surface area contributed by atoms with E-state index in [9.17, 15) is 9.59 Å². The summed E-state index contributed by atoms with van der Waals surface area (Å²) in [5.41, 5.74) is -0.668. The molecule has 2 N–H and O–H groups in total. The van der Waals surface area contributed by atoms with E-state index in [1.54, 1.807) is 20.8 Å². The number of carbonyl (C=O) groups excluding carboxylic acids is 1. The summed E-state index contributed by atoms with van der Waals surface area (Å²) in [4.78, 5) is 22.8. The maximum atomic E-state index is 11.6. The molecule has 5 heteroatoms. The molecule has 0 aromatic carbocycles. The molecule has 18 heavy (non-hydrogen) atoms. The zero-order valence-electron chi connectivity index (χ0n) is 12.3. The molecule has 0 aromatic heterocycles. The van der Waals surface area contributed by atoms with Crippen LogP contribution in [0.4, 0.5) is 4.79 Å². The van der Waals surface area contributed by atoms with Gasteiger partial charge >= 0.3 is 12.1 Å². The number of carboxylic acids is 1. The number of hydrogen-bond acceptors (Lipinski definition) is 3. The van der Waals surface area contributed by atoms with Crippen molar-refractivity contribution in [2.45, 2.75) is 64.5 Å². The SMILES string of the molecule is [2H]C1(C[C@H](NC(=O)OC(C)(C)C)C(=O)O)CCCC1. The largest absolute Gasteiger partial charge is 0.480 e. The van der Waals surface area contributed by atoms with Gasteiger partial charge < -0.3 is 15.2 Å². The van der Waals surface area contributed by atoms with Crippen molar-refractivity contribution in [1.29, 1.82) is 0 Å². The molecule has 0 heterocycles. The van der Waals surface area contributed by atoms with Crippen LogP contribution in [0.2, 0.25) is 0 Å². The van der Waals surface area contributed by atoms with Crippen molar-refractivity contribution in [1.82, 2.24) is 5.32 Å². The quantitative estimate of drug-likeness (QED) is 0.812. The third-order valence-corrected chi connectivity index (χ3v) is 2.79. The first-order chi connectivity index (χ1) is 8.61. The number of alkyl carbamates (subject to hydrolysis) is 1. The Kier molecular flexibility index (Phi) is 4.44. The molecule has 1 saturated carbocycles. The maximum Gasteiger partial charge on any atom is 0.408 e. The van der Waals surface area contributed by atoms with E-state index in [0.29, 0.717) is 12.8 Å². The lowest BCUT2D eigenvalue weighted by Gasteiger charge is -2.23. The Hall–Kier alpha value is -1.26. The Bertz CT molecular complexity index is 345. The molecule has 1 amide bonds. The Morgan fingerprint density at radius 1 is 1.44 bits per heavy atom. The zero-order chi connectivity index (χ0) is 14.7. The lowest BCUT2D eigenvalue weighted by atomic mass is 9.98. The standard InChI is InChI=1S/C13H23NO4/c1-13(2,3)18-12(17)14-10(11(15)16)8-9-6-4-5-7-9/h9-10H,4-8H2,1-3H3,(H,14,17)(H,15,16)/t10-/m0/s1/i9D. The van der Waals surface area contributed by atoms with E-state index in [1.807, 2.05) is 0 Å². The highest BCUT2D eigenvalue weighted by molar-refractivity contribution is 5.80. The highest BCUT2D eigenvalue weighted by Crippen LogP contribution is 2.28. The van der Waals surface area contributed by atoms with Gasteiger partial charge in [0.1, 0.15) is 11.6 Å². The van der Waals surface area contributed by atoms with Gasteiger partial charge in [-0.25, -0.2) is 9.59 Å². The van der Waals surface area contributed by atoms with Gasteiger partial charge in [0.25, 0.3) is 0 Å². The van der Waals surface area contributed by atoms with Crippen LogP contribution in [0.25, 0.3) is 0 Å². The minimum Gasteiger partial charge on any atom is -0.480 e. The third kappa shape index (κ3) is 5.38. The number of hydrogen-bond donors (Lipinski definition) is 2. The van der Waals surface area contributed by atoms with Crippen LogP contribution in [-0.2, 0) is 9.53 Å². The molecule has 0 unspecified atom stereocenters. The molecule has 0 radical (unpaired) electrons. The predicted octanol–water partition coefficient (Wildman–Crippen LogP) is 2.54. The first-order valence-corrected chi connectivity index (χ1v) is 6.34. The van der Waals surface area contributed by atoms with Crippen LogP contribution in [0, 0.1) is 5.89 Å². The molecule has 1 fully saturated rings. The van der Waals surface area contributed by atoms with Gasteiger partial charge in [0.15, 0.2) is 0 Å². The second-order valence-corrected chi connectivity index (χ2v) is 5.70. The van der Waals surface area contributed by atoms with Crippen LogP contribution >= 0.6 is 0 Å². The Labute approximate surface area is 109 Å². The summed E-state index contributed by atoms with van der Waals surface area (Å²) in [6.45, 7) is 5.14. The van der Waals surface area contributed by atoms with Crippen molar-refractivity contribution in [3.63, 3.8) is 0 Å². The van der Waals surface area contributed by atoms with Crippen LogP contribution in [0.5, 0.6) is 0 Å². The molecule has 0 aromatic rings. The smallest absolute Gasteiger partial charge is 0.408 e. The molecule has 1 atom stereocenters. The van der Waals surface area contributed by atoms with Crippen molar-refractivity contribution in [3.05, 3.63) is 0 Å². The Morgan fingerprint density at radius 3 is 2.44 bits per heavy atom. The van der Waals surface area contributed by atoms with Gasteiger partial charge in [-0.2, -0.15) is 0 Å². The molecule has 0 bridgehead atoms. The summed E-state index contributed by atoms with van der Waals surface area (Å²) in [6, 6.07) is -1.06. The summed E-state index contributed by atoms with van der Waals surface area (Å²) >= 11 is 0. The van der Waals surface area contributed by atoms with Gasteiger partial charge in [-0.15, -0.1) is 0 Å². The highest BCUT2D eigenvalue weighted by atomic mass is 16.6. The van der Waals surface area contributed by atoms with Gasteiger partial charge in [-0.05, 0) is 33.1 Å². The van der Waals surface area contributed by atoms with Crippen molar-refractivity contribution in [2.75, 3.05) is 0 Å². The van der Waals surface area contributed by atoms with E-state index >= 15 is 0 Å². The first kappa shape index (κ1) is 13.2. The fourth-order valence-electron chi connectivity index (χ4n) is 2.02. The Morgan fingerprint density at radius 2 is 2.00 bits per heavy atom. The first-order valence-electron chi connectivity index (χ1n) is 6.84. The fraction of sp³-hybridized carbons (Fsp3) is 0.846. The topological polar surface area (TPSA) is 75.6 Å². The summed E-state index contributed by atoms with van der Waals surface area (Å²) in [6.07, 6.45) is 2.65. The lowest BCUT2D eigenvalue weighted by molar-refractivity contribution is -0.140. The van der Waals surface area contributed by atoms with Gasteiger partial charge in [-0.1, -0.05) is 25.7 Å². The number of ether oxygens (including phenoxy) is 1. The van der Waals surface area contributed by atoms with Gasteiger partial charge in [-0.3, -0.25) is 0 Å². The Balaban J connectivity index is 2.58. The molecule has 1 aliphatic carbocycles. The second kappa shape index (κ2) is 6.07. The fourth-order valence-corrected chi connectivity index (χ4v) is 2.02. The monoisotopic (exact) mass is 258 g/mol. The van der Waals surface area contributed by atoms with Crippen LogP contribution in [-0.4, -0.2) is 28.8 Å². The molecular weight excluding hydrogens is 234 g/mol. The molecular formula is C13H23NO4. The molecule has 1 rings (SSSR count). The summed E-state index contributed by atoms with van der Waals surface area (Å²) in [5, 5.41) is 11.5. The average Bonchev–Trinajstić information content (AvgIpc) is 2.61. The van der Waals surface area contributed by atoms with E-state index in [2.05, 4.69) is 5.32 Å². The number of carbonyl (C=O) groups is 2. The number of aliphatic carboxylic acids is 1.